The lowest BCUT2D eigenvalue weighted by Crippen LogP contribution is -2.20. The van der Waals surface area contributed by atoms with Crippen LogP contribution >= 0.6 is 23.2 Å². The Morgan fingerprint density at radius 1 is 1.05 bits per heavy atom. The highest BCUT2D eigenvalue weighted by atomic mass is 35.5. The number of amides is 2. The van der Waals surface area contributed by atoms with Crippen molar-refractivity contribution in [3.05, 3.63) is 58.1 Å². The highest BCUT2D eigenvalue weighted by Gasteiger charge is 2.08. The maximum Gasteiger partial charge on any atom is 0.323 e. The van der Waals surface area contributed by atoms with Crippen LogP contribution in [0.15, 0.2) is 42.5 Å². The van der Waals surface area contributed by atoms with E-state index in [2.05, 4.69) is 10.6 Å². The summed E-state index contributed by atoms with van der Waals surface area (Å²) in [5, 5.41) is 14.9. The smallest absolute Gasteiger partial charge is 0.306 e. The molecule has 2 N–H and O–H groups in total. The molecule has 0 aliphatic rings. The second-order valence-electron chi connectivity index (χ2n) is 3.86. The zero-order chi connectivity index (χ0) is 14.5. The Bertz CT molecular complexity index is 695. The van der Waals surface area contributed by atoms with Crippen LogP contribution in [0.1, 0.15) is 5.56 Å². The minimum Gasteiger partial charge on any atom is -0.306 e. The lowest BCUT2D eigenvalue weighted by Gasteiger charge is -2.10. The summed E-state index contributed by atoms with van der Waals surface area (Å²) in [6.45, 7) is 0. The van der Waals surface area contributed by atoms with Crippen molar-refractivity contribution in [3.63, 3.8) is 0 Å². The molecule has 0 radical (unpaired) electrons. The predicted octanol–water partition coefficient (Wildman–Crippen LogP) is 4.51. The van der Waals surface area contributed by atoms with Crippen LogP contribution in [0.2, 0.25) is 10.0 Å². The second kappa shape index (κ2) is 6.29. The van der Waals surface area contributed by atoms with E-state index in [0.717, 1.165) is 0 Å². The summed E-state index contributed by atoms with van der Waals surface area (Å²) in [6.07, 6.45) is 0. The first-order chi connectivity index (χ1) is 9.60. The van der Waals surface area contributed by atoms with E-state index in [1.807, 2.05) is 6.07 Å². The van der Waals surface area contributed by atoms with Gasteiger partial charge in [-0.1, -0.05) is 35.3 Å². The molecule has 0 saturated carbocycles. The van der Waals surface area contributed by atoms with Crippen LogP contribution in [0.3, 0.4) is 0 Å². The van der Waals surface area contributed by atoms with Gasteiger partial charge in [-0.05, 0) is 30.3 Å². The number of nitrogens with zero attached hydrogens (tertiary/aromatic N) is 1. The number of carbonyl (C=O) groups excluding carboxylic acids is 1. The maximum absolute atomic E-state index is 11.9. The first-order valence-electron chi connectivity index (χ1n) is 5.62. The molecule has 6 heteroatoms. The standard InChI is InChI=1S/C14H9Cl2N3O/c15-10-5-6-11(16)13(7-10)19-14(20)18-12-4-2-1-3-9(12)8-17/h1-7H,(H2,18,19,20). The van der Waals surface area contributed by atoms with Crippen molar-refractivity contribution in [1.29, 1.82) is 5.26 Å². The van der Waals surface area contributed by atoms with Gasteiger partial charge < -0.3 is 10.6 Å². The maximum atomic E-state index is 11.9. The fourth-order valence-electron chi connectivity index (χ4n) is 1.56. The largest absolute Gasteiger partial charge is 0.323 e. The molecule has 100 valence electrons. The summed E-state index contributed by atoms with van der Waals surface area (Å²) in [4.78, 5) is 11.9. The molecular formula is C14H9Cl2N3O. The van der Waals surface area contributed by atoms with Gasteiger partial charge in [-0.15, -0.1) is 0 Å². The van der Waals surface area contributed by atoms with E-state index in [1.165, 1.54) is 0 Å². The average molecular weight is 306 g/mol. The van der Waals surface area contributed by atoms with Crippen LogP contribution in [-0.4, -0.2) is 6.03 Å². The third-order valence-electron chi connectivity index (χ3n) is 2.47. The molecule has 2 aromatic carbocycles. The summed E-state index contributed by atoms with van der Waals surface area (Å²) in [5.41, 5.74) is 1.19. The van der Waals surface area contributed by atoms with Crippen molar-refractivity contribution in [2.75, 3.05) is 10.6 Å². The minimum absolute atomic E-state index is 0.373. The number of nitriles is 1. The Morgan fingerprint density at radius 2 is 1.75 bits per heavy atom. The Labute approximate surface area is 125 Å². The SMILES string of the molecule is N#Cc1ccccc1NC(=O)Nc1cc(Cl)ccc1Cl. The Kier molecular flexibility index (Phi) is 4.46. The van der Waals surface area contributed by atoms with Crippen molar-refractivity contribution in [3.8, 4) is 6.07 Å². The number of carbonyl (C=O) groups is 1. The molecule has 2 amide bonds. The Morgan fingerprint density at radius 3 is 2.50 bits per heavy atom. The van der Waals surface area contributed by atoms with Crippen LogP contribution < -0.4 is 10.6 Å². The Balaban J connectivity index is 2.14. The van der Waals surface area contributed by atoms with Gasteiger partial charge in [0.15, 0.2) is 0 Å². The van der Waals surface area contributed by atoms with Gasteiger partial charge in [-0.2, -0.15) is 5.26 Å². The average Bonchev–Trinajstić information content (AvgIpc) is 2.43. The number of para-hydroxylation sites is 1. The van der Waals surface area contributed by atoms with E-state index in [0.29, 0.717) is 27.0 Å². The highest BCUT2D eigenvalue weighted by molar-refractivity contribution is 6.35. The van der Waals surface area contributed by atoms with E-state index < -0.39 is 6.03 Å². The zero-order valence-corrected chi connectivity index (χ0v) is 11.7. The molecule has 0 aliphatic carbocycles. The number of urea groups is 1. The van der Waals surface area contributed by atoms with Crippen LogP contribution in [0, 0.1) is 11.3 Å². The molecule has 0 atom stereocenters. The topological polar surface area (TPSA) is 64.9 Å². The summed E-state index contributed by atoms with van der Waals surface area (Å²) in [7, 11) is 0. The molecule has 0 saturated heterocycles. The van der Waals surface area contributed by atoms with Crippen LogP contribution in [-0.2, 0) is 0 Å². The zero-order valence-electron chi connectivity index (χ0n) is 10.2. The summed E-state index contributed by atoms with van der Waals surface area (Å²) in [6, 6.07) is 12.9. The van der Waals surface area contributed by atoms with Gasteiger partial charge in [-0.25, -0.2) is 4.79 Å². The molecule has 2 aromatic rings. The fraction of sp³-hybridized carbons (Fsp3) is 0. The van der Waals surface area contributed by atoms with E-state index in [9.17, 15) is 4.79 Å². The van der Waals surface area contributed by atoms with Gasteiger partial charge in [-0.3, -0.25) is 0 Å². The number of anilines is 2. The molecule has 0 unspecified atom stereocenters. The summed E-state index contributed by atoms with van der Waals surface area (Å²) < 4.78 is 0. The quantitative estimate of drug-likeness (QED) is 0.857. The predicted molar refractivity (Wildman–Crippen MR) is 80.3 cm³/mol. The van der Waals surface area contributed by atoms with Crippen molar-refractivity contribution in [2.45, 2.75) is 0 Å². The van der Waals surface area contributed by atoms with E-state index in [-0.39, 0.29) is 0 Å². The van der Waals surface area contributed by atoms with Gasteiger partial charge in [0, 0.05) is 5.02 Å². The van der Waals surface area contributed by atoms with Crippen molar-refractivity contribution < 1.29 is 4.79 Å². The lowest BCUT2D eigenvalue weighted by atomic mass is 10.2. The van der Waals surface area contributed by atoms with E-state index in [1.54, 1.807) is 42.5 Å². The number of benzene rings is 2. The van der Waals surface area contributed by atoms with Crippen LogP contribution in [0.25, 0.3) is 0 Å². The molecule has 0 spiro atoms. The van der Waals surface area contributed by atoms with Crippen molar-refractivity contribution >= 4 is 40.6 Å². The van der Waals surface area contributed by atoms with Crippen LogP contribution in [0.4, 0.5) is 16.2 Å². The van der Waals surface area contributed by atoms with Gasteiger partial charge in [0.25, 0.3) is 0 Å². The van der Waals surface area contributed by atoms with Gasteiger partial charge in [0.2, 0.25) is 0 Å². The minimum atomic E-state index is -0.503. The molecule has 20 heavy (non-hydrogen) atoms. The molecule has 0 aromatic heterocycles. The highest BCUT2D eigenvalue weighted by Crippen LogP contribution is 2.25. The first-order valence-corrected chi connectivity index (χ1v) is 6.38. The van der Waals surface area contributed by atoms with Gasteiger partial charge >= 0.3 is 6.03 Å². The normalized spacial score (nSPS) is 9.65. The number of halogens is 2. The second-order valence-corrected chi connectivity index (χ2v) is 4.70. The van der Waals surface area contributed by atoms with Crippen LogP contribution in [0.5, 0.6) is 0 Å². The van der Waals surface area contributed by atoms with Crippen molar-refractivity contribution in [1.82, 2.24) is 0 Å². The number of hydrogen-bond acceptors (Lipinski definition) is 2. The van der Waals surface area contributed by atoms with Gasteiger partial charge in [0.05, 0.1) is 22.0 Å². The van der Waals surface area contributed by atoms with E-state index in [4.69, 9.17) is 28.5 Å². The van der Waals surface area contributed by atoms with Gasteiger partial charge in [0.1, 0.15) is 6.07 Å². The summed E-state index contributed by atoms with van der Waals surface area (Å²) >= 11 is 11.8. The molecular weight excluding hydrogens is 297 g/mol. The molecule has 2 rings (SSSR count). The molecule has 0 aliphatic heterocycles. The summed E-state index contributed by atoms with van der Waals surface area (Å²) in [5.74, 6) is 0. The number of nitrogens with one attached hydrogen (secondary N) is 2. The number of hydrogen-bond donors (Lipinski definition) is 2. The first kappa shape index (κ1) is 14.2. The molecule has 0 fully saturated rings. The third-order valence-corrected chi connectivity index (χ3v) is 3.04. The number of rotatable bonds is 2. The monoisotopic (exact) mass is 305 g/mol. The molecule has 4 nitrogen and oxygen atoms in total. The molecule has 0 heterocycles. The third kappa shape index (κ3) is 3.41. The molecule has 0 bridgehead atoms. The lowest BCUT2D eigenvalue weighted by molar-refractivity contribution is 0.262. The van der Waals surface area contributed by atoms with Crippen molar-refractivity contribution in [2.24, 2.45) is 0 Å². The van der Waals surface area contributed by atoms with E-state index >= 15 is 0 Å². The Hall–Kier alpha value is -2.22. The fourth-order valence-corrected chi connectivity index (χ4v) is 1.90.